The number of methoxy groups -OCH3 is 1. The van der Waals surface area contributed by atoms with Gasteiger partial charge in [0.05, 0.1) is 41.9 Å². The average molecular weight is 391 g/mol. The van der Waals surface area contributed by atoms with Crippen molar-refractivity contribution in [3.8, 4) is 0 Å². The summed E-state index contributed by atoms with van der Waals surface area (Å²) in [6.45, 7) is 1.19. The first kappa shape index (κ1) is 19.1. The summed E-state index contributed by atoms with van der Waals surface area (Å²) in [7, 11) is 1.30. The van der Waals surface area contributed by atoms with Gasteiger partial charge >= 0.3 is 5.97 Å². The van der Waals surface area contributed by atoms with Crippen molar-refractivity contribution in [3.05, 3.63) is 46.9 Å². The fourth-order valence-electron chi connectivity index (χ4n) is 2.62. The lowest BCUT2D eigenvalue weighted by Crippen LogP contribution is -2.32. The molecule has 27 heavy (non-hydrogen) atoms. The molecule has 0 aliphatic carbocycles. The molecule has 8 nitrogen and oxygen atoms in total. The van der Waals surface area contributed by atoms with E-state index in [-0.39, 0.29) is 17.7 Å². The SMILES string of the molecule is COC(=O)c1ccc(Cl)c(Nc2cnc(C(=O)NCC3CCCO3)cn2)c1. The van der Waals surface area contributed by atoms with Gasteiger partial charge in [0.2, 0.25) is 0 Å². The summed E-state index contributed by atoms with van der Waals surface area (Å²) in [5.41, 5.74) is 1.03. The van der Waals surface area contributed by atoms with E-state index < -0.39 is 5.97 Å². The maximum Gasteiger partial charge on any atom is 0.337 e. The molecular weight excluding hydrogens is 372 g/mol. The van der Waals surface area contributed by atoms with E-state index in [4.69, 9.17) is 21.1 Å². The normalized spacial score (nSPS) is 16.0. The van der Waals surface area contributed by atoms with Crippen molar-refractivity contribution < 1.29 is 19.1 Å². The number of rotatable bonds is 6. The first-order valence-electron chi connectivity index (χ1n) is 8.43. The Morgan fingerprint density at radius 2 is 2.19 bits per heavy atom. The molecule has 1 amide bonds. The molecule has 1 aromatic carbocycles. The average Bonchev–Trinajstić information content (AvgIpc) is 3.21. The Morgan fingerprint density at radius 3 is 2.85 bits per heavy atom. The fourth-order valence-corrected chi connectivity index (χ4v) is 2.78. The molecule has 0 radical (unpaired) electrons. The highest BCUT2D eigenvalue weighted by atomic mass is 35.5. The molecular formula is C18H19ClN4O4. The molecule has 0 bridgehead atoms. The van der Waals surface area contributed by atoms with E-state index in [0.29, 0.717) is 28.6 Å². The van der Waals surface area contributed by atoms with Crippen LogP contribution in [0.25, 0.3) is 0 Å². The third-order valence-electron chi connectivity index (χ3n) is 4.05. The van der Waals surface area contributed by atoms with Crippen molar-refractivity contribution in [2.75, 3.05) is 25.6 Å². The number of esters is 1. The third-order valence-corrected chi connectivity index (χ3v) is 4.38. The Morgan fingerprint density at radius 1 is 1.33 bits per heavy atom. The fraction of sp³-hybridized carbons (Fsp3) is 0.333. The Labute approximate surface area is 161 Å². The Balaban J connectivity index is 1.63. The van der Waals surface area contributed by atoms with Crippen LogP contribution in [0.15, 0.2) is 30.6 Å². The highest BCUT2D eigenvalue weighted by Crippen LogP contribution is 2.26. The Bertz CT molecular complexity index is 823. The number of carbonyl (C=O) groups is 2. The number of hydrogen-bond donors (Lipinski definition) is 2. The monoisotopic (exact) mass is 390 g/mol. The minimum Gasteiger partial charge on any atom is -0.465 e. The van der Waals surface area contributed by atoms with Crippen molar-refractivity contribution >= 4 is 35.0 Å². The van der Waals surface area contributed by atoms with Gasteiger partial charge in [0.1, 0.15) is 11.5 Å². The van der Waals surface area contributed by atoms with Crippen LogP contribution in [0.5, 0.6) is 0 Å². The van der Waals surface area contributed by atoms with Crippen LogP contribution < -0.4 is 10.6 Å². The number of nitrogens with one attached hydrogen (secondary N) is 2. The molecule has 2 heterocycles. The van der Waals surface area contributed by atoms with Crippen molar-refractivity contribution in [2.45, 2.75) is 18.9 Å². The van der Waals surface area contributed by atoms with E-state index in [9.17, 15) is 9.59 Å². The van der Waals surface area contributed by atoms with Crippen molar-refractivity contribution in [2.24, 2.45) is 0 Å². The first-order valence-corrected chi connectivity index (χ1v) is 8.81. The minimum atomic E-state index is -0.473. The van der Waals surface area contributed by atoms with Gasteiger partial charge in [0.25, 0.3) is 5.91 Å². The zero-order valence-electron chi connectivity index (χ0n) is 14.7. The Hall–Kier alpha value is -2.71. The van der Waals surface area contributed by atoms with Crippen LogP contribution in [0.4, 0.5) is 11.5 Å². The topological polar surface area (TPSA) is 102 Å². The number of halogens is 1. The molecule has 142 valence electrons. The van der Waals surface area contributed by atoms with Crippen LogP contribution in [-0.2, 0) is 9.47 Å². The number of hydrogen-bond acceptors (Lipinski definition) is 7. The number of aromatic nitrogens is 2. The summed E-state index contributed by atoms with van der Waals surface area (Å²) in [6.07, 6.45) is 4.81. The molecule has 1 atom stereocenters. The van der Waals surface area contributed by atoms with Crippen molar-refractivity contribution in [1.82, 2.24) is 15.3 Å². The predicted octanol–water partition coefficient (Wildman–Crippen LogP) is 2.57. The van der Waals surface area contributed by atoms with E-state index in [0.717, 1.165) is 19.4 Å². The summed E-state index contributed by atoms with van der Waals surface area (Å²) in [5.74, 6) is -0.399. The summed E-state index contributed by atoms with van der Waals surface area (Å²) >= 11 is 6.14. The molecule has 1 fully saturated rings. The molecule has 1 aliphatic rings. The van der Waals surface area contributed by atoms with Crippen LogP contribution in [0.2, 0.25) is 5.02 Å². The van der Waals surface area contributed by atoms with Crippen molar-refractivity contribution in [3.63, 3.8) is 0 Å². The molecule has 1 aliphatic heterocycles. The minimum absolute atomic E-state index is 0.0621. The summed E-state index contributed by atoms with van der Waals surface area (Å²) < 4.78 is 10.2. The van der Waals surface area contributed by atoms with Gasteiger partial charge in [0, 0.05) is 13.2 Å². The van der Waals surface area contributed by atoms with Gasteiger partial charge < -0.3 is 20.1 Å². The lowest BCUT2D eigenvalue weighted by molar-refractivity contribution is 0.0600. The maximum atomic E-state index is 12.1. The third kappa shape index (κ3) is 4.93. The second-order valence-electron chi connectivity index (χ2n) is 5.94. The highest BCUT2D eigenvalue weighted by Gasteiger charge is 2.17. The van der Waals surface area contributed by atoms with Gasteiger partial charge in [-0.2, -0.15) is 0 Å². The van der Waals surface area contributed by atoms with Crippen LogP contribution in [0.3, 0.4) is 0 Å². The van der Waals surface area contributed by atoms with Gasteiger partial charge in [-0.1, -0.05) is 11.6 Å². The van der Waals surface area contributed by atoms with Crippen LogP contribution in [0.1, 0.15) is 33.7 Å². The number of anilines is 2. The van der Waals surface area contributed by atoms with E-state index in [2.05, 4.69) is 20.6 Å². The molecule has 1 aromatic heterocycles. The van der Waals surface area contributed by atoms with Crippen molar-refractivity contribution in [1.29, 1.82) is 0 Å². The molecule has 3 rings (SSSR count). The highest BCUT2D eigenvalue weighted by molar-refractivity contribution is 6.33. The molecule has 1 unspecified atom stereocenters. The number of ether oxygens (including phenoxy) is 2. The maximum absolute atomic E-state index is 12.1. The number of benzene rings is 1. The number of amides is 1. The molecule has 1 saturated heterocycles. The number of nitrogens with zero attached hydrogens (tertiary/aromatic N) is 2. The van der Waals surface area contributed by atoms with E-state index in [1.807, 2.05) is 0 Å². The van der Waals surface area contributed by atoms with Gasteiger partial charge in [0.15, 0.2) is 0 Å². The lowest BCUT2D eigenvalue weighted by Gasteiger charge is -2.11. The second-order valence-corrected chi connectivity index (χ2v) is 6.35. The summed E-state index contributed by atoms with van der Waals surface area (Å²) in [5, 5.41) is 6.16. The largest absolute Gasteiger partial charge is 0.465 e. The predicted molar refractivity (Wildman–Crippen MR) is 99.4 cm³/mol. The van der Waals surface area contributed by atoms with E-state index >= 15 is 0 Å². The molecule has 0 saturated carbocycles. The lowest BCUT2D eigenvalue weighted by atomic mass is 10.2. The second kappa shape index (κ2) is 8.79. The van der Waals surface area contributed by atoms with Gasteiger partial charge in [-0.15, -0.1) is 0 Å². The smallest absolute Gasteiger partial charge is 0.337 e. The summed E-state index contributed by atoms with van der Waals surface area (Å²) in [6, 6.07) is 4.70. The quantitative estimate of drug-likeness (QED) is 0.730. The van der Waals surface area contributed by atoms with Crippen LogP contribution in [0, 0.1) is 0 Å². The first-order chi connectivity index (χ1) is 13.1. The van der Waals surface area contributed by atoms with E-state index in [1.165, 1.54) is 19.5 Å². The zero-order chi connectivity index (χ0) is 19.2. The molecule has 9 heteroatoms. The zero-order valence-corrected chi connectivity index (χ0v) is 15.5. The van der Waals surface area contributed by atoms with Gasteiger partial charge in [-0.3, -0.25) is 4.79 Å². The molecule has 2 aromatic rings. The molecule has 2 N–H and O–H groups in total. The van der Waals surface area contributed by atoms with E-state index in [1.54, 1.807) is 18.2 Å². The number of carbonyl (C=O) groups excluding carboxylic acids is 2. The Kier molecular flexibility index (Phi) is 6.20. The van der Waals surface area contributed by atoms with Crippen LogP contribution >= 0.6 is 11.6 Å². The summed E-state index contributed by atoms with van der Waals surface area (Å²) in [4.78, 5) is 32.0. The molecule has 0 spiro atoms. The van der Waals surface area contributed by atoms with Crippen LogP contribution in [-0.4, -0.2) is 48.2 Å². The van der Waals surface area contributed by atoms with Gasteiger partial charge in [-0.05, 0) is 31.0 Å². The van der Waals surface area contributed by atoms with Gasteiger partial charge in [-0.25, -0.2) is 14.8 Å². The standard InChI is InChI=1S/C18H19ClN4O4/c1-26-18(25)11-4-5-13(19)14(7-11)23-16-10-20-15(9-21-16)17(24)22-8-12-3-2-6-27-12/h4-5,7,9-10,12H,2-3,6,8H2,1H3,(H,21,23)(H,22,24).